The molecule has 1 saturated heterocycles. The van der Waals surface area contributed by atoms with Gasteiger partial charge in [-0.15, -0.1) is 0 Å². The normalized spacial score (nSPS) is 20.4. The number of piperazine rings is 1. The molecule has 3 aromatic rings. The first kappa shape index (κ1) is 28.6. The van der Waals surface area contributed by atoms with Crippen molar-refractivity contribution < 1.29 is 23.0 Å². The molecular weight excluding hydrogens is 528 g/mol. The second-order valence-corrected chi connectivity index (χ2v) is 10.1. The molecule has 2 unspecified atom stereocenters. The van der Waals surface area contributed by atoms with Crippen LogP contribution in [0.4, 0.5) is 14.6 Å². The molecule has 11 heteroatoms. The smallest absolute Gasteiger partial charge is 0.260 e. The van der Waals surface area contributed by atoms with Crippen molar-refractivity contribution in [3.8, 4) is 22.8 Å². The van der Waals surface area contributed by atoms with Gasteiger partial charge in [-0.05, 0) is 55.7 Å². The van der Waals surface area contributed by atoms with Gasteiger partial charge in [-0.1, -0.05) is 23.7 Å². The van der Waals surface area contributed by atoms with Crippen molar-refractivity contribution in [2.75, 3.05) is 39.2 Å². The number of benzene rings is 2. The Morgan fingerprint density at radius 3 is 2.51 bits per heavy atom. The van der Waals surface area contributed by atoms with Crippen LogP contribution in [0.25, 0.3) is 11.3 Å². The number of anilines is 1. The third-order valence-corrected chi connectivity index (χ3v) is 7.34. The number of ether oxygens (including phenoxy) is 2. The van der Waals surface area contributed by atoms with Crippen LogP contribution in [0.1, 0.15) is 36.6 Å². The van der Waals surface area contributed by atoms with E-state index in [0.29, 0.717) is 34.1 Å². The zero-order valence-corrected chi connectivity index (χ0v) is 23.2. The van der Waals surface area contributed by atoms with E-state index in [1.807, 2.05) is 43.0 Å². The largest absolute Gasteiger partial charge is 0.493 e. The van der Waals surface area contributed by atoms with Crippen LogP contribution in [0.3, 0.4) is 0 Å². The van der Waals surface area contributed by atoms with Crippen molar-refractivity contribution in [3.63, 3.8) is 0 Å². The van der Waals surface area contributed by atoms with Crippen LogP contribution in [0.5, 0.6) is 11.5 Å². The number of amides is 1. The lowest BCUT2D eigenvalue weighted by Crippen LogP contribution is -2.48. The van der Waals surface area contributed by atoms with Gasteiger partial charge in [-0.2, -0.15) is 5.10 Å². The van der Waals surface area contributed by atoms with Gasteiger partial charge in [-0.25, -0.2) is 13.5 Å². The summed E-state index contributed by atoms with van der Waals surface area (Å²) in [7, 11) is 3.11. The van der Waals surface area contributed by atoms with Crippen molar-refractivity contribution >= 4 is 23.8 Å². The molecule has 3 atom stereocenters. The number of halogens is 3. The first-order chi connectivity index (χ1) is 18.7. The van der Waals surface area contributed by atoms with Crippen LogP contribution in [0, 0.1) is 6.92 Å². The maximum atomic E-state index is 13.9. The first-order valence-corrected chi connectivity index (χ1v) is 13.2. The monoisotopic (exact) mass is 561 g/mol. The lowest BCUT2D eigenvalue weighted by molar-refractivity contribution is -0.120. The molecule has 2 aliphatic heterocycles. The standard InChI is InChI=1S/C22H22ClF2N3O2.C6H12N2O/c1-12-8-14(23)5-6-15(12)17-11-21-26-16(10-18(22(24)25)28(21)27-17)13-4-7-19(29-2)20(9-13)30-3;1-6-4-7-2-3-8(6)5-9/h4-9,11,16,18,22,26H,10H2,1-3H3;5-7H,2-4H2,1H3/t;6-/m.0/s1. The lowest BCUT2D eigenvalue weighted by atomic mass is 9.97. The quantitative estimate of drug-likeness (QED) is 0.396. The Balaban J connectivity index is 0.000000333. The number of carbonyl (C=O) groups excluding carboxylic acids is 1. The summed E-state index contributed by atoms with van der Waals surface area (Å²) in [6.07, 6.45) is -1.43. The second kappa shape index (κ2) is 12.7. The number of rotatable bonds is 6. The molecule has 2 N–H and O–H groups in total. The second-order valence-electron chi connectivity index (χ2n) is 9.66. The minimum Gasteiger partial charge on any atom is -0.493 e. The number of nitrogens with zero attached hydrogens (tertiary/aromatic N) is 3. The van der Waals surface area contributed by atoms with Crippen LogP contribution >= 0.6 is 11.6 Å². The molecule has 0 bridgehead atoms. The highest BCUT2D eigenvalue weighted by Crippen LogP contribution is 2.41. The van der Waals surface area contributed by atoms with Gasteiger partial charge in [0.15, 0.2) is 11.5 Å². The summed E-state index contributed by atoms with van der Waals surface area (Å²) in [5.41, 5.74) is 3.27. The highest BCUT2D eigenvalue weighted by atomic mass is 35.5. The molecule has 39 heavy (non-hydrogen) atoms. The SMILES string of the molecule is COc1ccc(C2CC(C(F)F)n3nc(-c4ccc(Cl)cc4C)cc3N2)cc1OC.C[C@H]1CNCCN1C=O. The van der Waals surface area contributed by atoms with Gasteiger partial charge in [0.25, 0.3) is 6.43 Å². The highest BCUT2D eigenvalue weighted by Gasteiger charge is 2.35. The predicted octanol–water partition coefficient (Wildman–Crippen LogP) is 5.33. The molecule has 210 valence electrons. The van der Waals surface area contributed by atoms with Gasteiger partial charge >= 0.3 is 0 Å². The zero-order chi connectivity index (χ0) is 28.1. The number of nitrogens with one attached hydrogen (secondary N) is 2. The Morgan fingerprint density at radius 2 is 1.90 bits per heavy atom. The van der Waals surface area contributed by atoms with Crippen molar-refractivity contribution in [1.82, 2.24) is 20.0 Å². The molecule has 2 aliphatic rings. The Labute approximate surface area is 232 Å². The van der Waals surface area contributed by atoms with Crippen LogP contribution in [0.2, 0.25) is 5.02 Å². The molecule has 1 fully saturated rings. The van der Waals surface area contributed by atoms with Crippen LogP contribution in [-0.2, 0) is 4.79 Å². The summed E-state index contributed by atoms with van der Waals surface area (Å²) >= 11 is 6.05. The average molecular weight is 562 g/mol. The zero-order valence-electron chi connectivity index (χ0n) is 22.5. The van der Waals surface area contributed by atoms with E-state index in [9.17, 15) is 13.6 Å². The summed E-state index contributed by atoms with van der Waals surface area (Å²) < 4.78 is 39.9. The van der Waals surface area contributed by atoms with E-state index < -0.39 is 12.5 Å². The van der Waals surface area contributed by atoms with E-state index in [-0.39, 0.29) is 12.5 Å². The minimum atomic E-state index is -2.55. The number of methoxy groups -OCH3 is 2. The van der Waals surface area contributed by atoms with Gasteiger partial charge in [0.2, 0.25) is 6.41 Å². The summed E-state index contributed by atoms with van der Waals surface area (Å²) in [4.78, 5) is 12.1. The van der Waals surface area contributed by atoms with Crippen LogP contribution < -0.4 is 20.1 Å². The van der Waals surface area contributed by atoms with E-state index in [1.165, 1.54) is 4.68 Å². The summed E-state index contributed by atoms with van der Waals surface area (Å²) in [6.45, 7) is 6.68. The van der Waals surface area contributed by atoms with Crippen LogP contribution in [-0.4, -0.2) is 67.4 Å². The number of hydrogen-bond acceptors (Lipinski definition) is 6. The number of aryl methyl sites for hydroxylation is 1. The molecule has 1 amide bonds. The number of aromatic nitrogens is 2. The maximum absolute atomic E-state index is 13.9. The first-order valence-electron chi connectivity index (χ1n) is 12.8. The van der Waals surface area contributed by atoms with Gasteiger partial charge in [0.1, 0.15) is 11.9 Å². The molecule has 0 saturated carbocycles. The minimum absolute atomic E-state index is 0.195. The molecule has 0 spiro atoms. The van der Waals surface area contributed by atoms with Crippen molar-refractivity contribution in [2.45, 2.75) is 44.8 Å². The Bertz CT molecular complexity index is 1290. The van der Waals surface area contributed by atoms with E-state index in [0.717, 1.165) is 42.7 Å². The molecule has 5 rings (SSSR count). The fourth-order valence-corrected chi connectivity index (χ4v) is 5.12. The number of alkyl halides is 2. The molecular formula is C28H34ClF2N5O3. The van der Waals surface area contributed by atoms with Crippen LogP contribution in [0.15, 0.2) is 42.5 Å². The topological polar surface area (TPSA) is 80.7 Å². The van der Waals surface area contributed by atoms with Gasteiger partial charge < -0.3 is 25.0 Å². The highest BCUT2D eigenvalue weighted by molar-refractivity contribution is 6.30. The fourth-order valence-electron chi connectivity index (χ4n) is 4.89. The number of hydrogen-bond donors (Lipinski definition) is 2. The summed E-state index contributed by atoms with van der Waals surface area (Å²) in [5.74, 6) is 1.70. The van der Waals surface area contributed by atoms with Crippen molar-refractivity contribution in [3.05, 3.63) is 58.6 Å². The van der Waals surface area contributed by atoms with E-state index in [2.05, 4.69) is 15.7 Å². The molecule has 0 aliphatic carbocycles. The predicted molar refractivity (Wildman–Crippen MR) is 148 cm³/mol. The summed E-state index contributed by atoms with van der Waals surface area (Å²) in [6, 6.07) is 11.7. The van der Waals surface area contributed by atoms with Crippen molar-refractivity contribution in [2.24, 2.45) is 0 Å². The maximum Gasteiger partial charge on any atom is 0.260 e. The van der Waals surface area contributed by atoms with E-state index >= 15 is 0 Å². The molecule has 0 radical (unpaired) electrons. The Kier molecular flexibility index (Phi) is 9.29. The Morgan fingerprint density at radius 1 is 1.13 bits per heavy atom. The summed E-state index contributed by atoms with van der Waals surface area (Å²) in [5, 5.41) is 11.7. The van der Waals surface area contributed by atoms with Gasteiger partial charge in [-0.3, -0.25) is 4.79 Å². The third kappa shape index (κ3) is 6.45. The number of fused-ring (bicyclic) bond motifs is 1. The molecule has 3 heterocycles. The average Bonchev–Trinajstić information content (AvgIpc) is 3.36. The molecule has 2 aromatic carbocycles. The number of carbonyl (C=O) groups is 1. The van der Waals surface area contributed by atoms with Crippen molar-refractivity contribution in [1.29, 1.82) is 0 Å². The molecule has 8 nitrogen and oxygen atoms in total. The van der Waals surface area contributed by atoms with Gasteiger partial charge in [0, 0.05) is 42.3 Å². The Hall–Kier alpha value is -3.37. The lowest BCUT2D eigenvalue weighted by Gasteiger charge is -2.32. The fraction of sp³-hybridized carbons (Fsp3) is 0.429. The third-order valence-electron chi connectivity index (χ3n) is 7.10. The van der Waals surface area contributed by atoms with E-state index in [1.54, 1.807) is 32.4 Å². The van der Waals surface area contributed by atoms with Gasteiger partial charge in [0.05, 0.1) is 26.0 Å². The van der Waals surface area contributed by atoms with E-state index in [4.69, 9.17) is 21.1 Å². The molecule has 1 aromatic heterocycles.